The van der Waals surface area contributed by atoms with Gasteiger partial charge in [-0.1, -0.05) is 39.7 Å². The fourth-order valence-corrected chi connectivity index (χ4v) is 1.96. The molecule has 96 valence electrons. The van der Waals surface area contributed by atoms with Crippen molar-refractivity contribution in [1.29, 1.82) is 0 Å². The van der Waals surface area contributed by atoms with E-state index >= 15 is 0 Å². The van der Waals surface area contributed by atoms with Gasteiger partial charge >= 0.3 is 0 Å². The van der Waals surface area contributed by atoms with Crippen LogP contribution in [0.1, 0.15) is 15.9 Å². The Morgan fingerprint density at radius 2 is 1.95 bits per heavy atom. The Labute approximate surface area is 124 Å². The van der Waals surface area contributed by atoms with E-state index in [-0.39, 0.29) is 5.91 Å². The van der Waals surface area contributed by atoms with E-state index in [0.29, 0.717) is 10.6 Å². The highest BCUT2D eigenvalue weighted by Crippen LogP contribution is 2.10. The first-order valence-electron chi connectivity index (χ1n) is 5.50. The van der Waals surface area contributed by atoms with E-state index in [2.05, 4.69) is 26.5 Å². The summed E-state index contributed by atoms with van der Waals surface area (Å²) in [6.45, 7) is 0. The number of nitrogens with zero attached hydrogens (tertiary/aromatic N) is 1. The van der Waals surface area contributed by atoms with Crippen molar-refractivity contribution in [2.75, 3.05) is 0 Å². The number of hydrogen-bond donors (Lipinski definition) is 1. The van der Waals surface area contributed by atoms with Gasteiger partial charge < -0.3 is 0 Å². The summed E-state index contributed by atoms with van der Waals surface area (Å²) in [5.41, 5.74) is 3.86. The van der Waals surface area contributed by atoms with E-state index in [4.69, 9.17) is 11.6 Å². The zero-order chi connectivity index (χ0) is 13.7. The molecule has 0 spiro atoms. The van der Waals surface area contributed by atoms with Gasteiger partial charge in [0.25, 0.3) is 5.91 Å². The van der Waals surface area contributed by atoms with Crippen molar-refractivity contribution < 1.29 is 4.79 Å². The average Bonchev–Trinajstić information content (AvgIpc) is 2.39. The molecule has 5 heteroatoms. The fraction of sp³-hybridized carbons (Fsp3) is 0. The van der Waals surface area contributed by atoms with Crippen LogP contribution in [0.15, 0.2) is 58.1 Å². The summed E-state index contributed by atoms with van der Waals surface area (Å²) in [5.74, 6) is -0.275. The first-order valence-corrected chi connectivity index (χ1v) is 6.67. The number of nitrogens with one attached hydrogen (secondary N) is 1. The summed E-state index contributed by atoms with van der Waals surface area (Å²) in [7, 11) is 0. The van der Waals surface area contributed by atoms with Crippen molar-refractivity contribution in [2.45, 2.75) is 0 Å². The maximum absolute atomic E-state index is 11.7. The topological polar surface area (TPSA) is 41.5 Å². The van der Waals surface area contributed by atoms with Crippen molar-refractivity contribution in [1.82, 2.24) is 5.43 Å². The third-order valence-corrected chi connectivity index (χ3v) is 3.08. The lowest BCUT2D eigenvalue weighted by atomic mass is 10.2. The van der Waals surface area contributed by atoms with Crippen molar-refractivity contribution in [3.8, 4) is 0 Å². The molecule has 1 amide bonds. The summed E-state index contributed by atoms with van der Waals surface area (Å²) >= 11 is 9.11. The molecule has 0 fully saturated rings. The Kier molecular flexibility index (Phi) is 4.71. The maximum atomic E-state index is 11.7. The number of hydrogen-bond acceptors (Lipinski definition) is 2. The second-order valence-corrected chi connectivity index (χ2v) is 5.11. The van der Waals surface area contributed by atoms with E-state index in [1.165, 1.54) is 0 Å². The van der Waals surface area contributed by atoms with Gasteiger partial charge in [-0.3, -0.25) is 4.79 Å². The zero-order valence-electron chi connectivity index (χ0n) is 9.81. The molecule has 0 radical (unpaired) electrons. The van der Waals surface area contributed by atoms with E-state index in [0.717, 1.165) is 10.0 Å². The number of halogens is 2. The summed E-state index contributed by atoms with van der Waals surface area (Å²) in [4.78, 5) is 11.7. The Balaban J connectivity index is 1.98. The van der Waals surface area contributed by atoms with Crippen LogP contribution < -0.4 is 5.43 Å². The third-order valence-electron chi connectivity index (χ3n) is 2.33. The highest BCUT2D eigenvalue weighted by Gasteiger charge is 2.02. The summed E-state index contributed by atoms with van der Waals surface area (Å²) in [5, 5.41) is 4.49. The minimum Gasteiger partial charge on any atom is -0.267 e. The van der Waals surface area contributed by atoms with Crippen LogP contribution in [0.2, 0.25) is 5.02 Å². The summed E-state index contributed by atoms with van der Waals surface area (Å²) < 4.78 is 0.959. The predicted octanol–water partition coefficient (Wildman–Crippen LogP) is 3.87. The lowest BCUT2D eigenvalue weighted by Crippen LogP contribution is -2.17. The zero-order valence-corrected chi connectivity index (χ0v) is 12.1. The van der Waals surface area contributed by atoms with Gasteiger partial charge in [0.2, 0.25) is 0 Å². The molecule has 19 heavy (non-hydrogen) atoms. The number of hydrazone groups is 1. The molecule has 0 atom stereocenters. The lowest BCUT2D eigenvalue weighted by Gasteiger charge is -1.99. The van der Waals surface area contributed by atoms with Crippen LogP contribution in [0.5, 0.6) is 0 Å². The van der Waals surface area contributed by atoms with Gasteiger partial charge in [0.15, 0.2) is 0 Å². The Morgan fingerprint density at radius 3 is 2.63 bits per heavy atom. The molecular formula is C14H10BrClN2O. The number of amides is 1. The highest BCUT2D eigenvalue weighted by atomic mass is 79.9. The van der Waals surface area contributed by atoms with E-state index in [1.54, 1.807) is 30.5 Å². The maximum Gasteiger partial charge on any atom is 0.271 e. The minimum absolute atomic E-state index is 0.275. The molecule has 0 aromatic heterocycles. The first kappa shape index (κ1) is 13.8. The molecule has 3 nitrogen and oxygen atoms in total. The van der Waals surface area contributed by atoms with Crippen LogP contribution in [0.4, 0.5) is 0 Å². The molecule has 0 bridgehead atoms. The highest BCUT2D eigenvalue weighted by molar-refractivity contribution is 9.10. The van der Waals surface area contributed by atoms with Gasteiger partial charge in [0.1, 0.15) is 0 Å². The van der Waals surface area contributed by atoms with E-state index < -0.39 is 0 Å². The number of carbonyl (C=O) groups is 1. The Hall–Kier alpha value is -1.65. The van der Waals surface area contributed by atoms with Crippen molar-refractivity contribution in [3.05, 3.63) is 69.2 Å². The SMILES string of the molecule is O=C(NN=Cc1cccc(Br)c1)c1ccc(Cl)cc1. The smallest absolute Gasteiger partial charge is 0.267 e. The first-order chi connectivity index (χ1) is 9.15. The molecule has 0 aliphatic rings. The van der Waals surface area contributed by atoms with Crippen LogP contribution >= 0.6 is 27.5 Å². The fourth-order valence-electron chi connectivity index (χ4n) is 1.42. The van der Waals surface area contributed by atoms with Crippen molar-refractivity contribution in [2.24, 2.45) is 5.10 Å². The molecular weight excluding hydrogens is 328 g/mol. The van der Waals surface area contributed by atoms with Gasteiger partial charge in [0, 0.05) is 15.1 Å². The molecule has 0 saturated carbocycles. The predicted molar refractivity (Wildman–Crippen MR) is 80.7 cm³/mol. The Bertz CT molecular complexity index is 611. The van der Waals surface area contributed by atoms with Crippen LogP contribution in [-0.4, -0.2) is 12.1 Å². The average molecular weight is 338 g/mol. The van der Waals surface area contributed by atoms with Crippen LogP contribution in [0.3, 0.4) is 0 Å². The number of benzene rings is 2. The van der Waals surface area contributed by atoms with Gasteiger partial charge in [-0.05, 0) is 42.0 Å². The molecule has 0 saturated heterocycles. The van der Waals surface area contributed by atoms with Crippen LogP contribution in [0, 0.1) is 0 Å². The summed E-state index contributed by atoms with van der Waals surface area (Å²) in [6.07, 6.45) is 1.58. The second kappa shape index (κ2) is 6.50. The molecule has 2 rings (SSSR count). The summed E-state index contributed by atoms with van der Waals surface area (Å²) in [6, 6.07) is 14.2. The molecule has 2 aromatic rings. The van der Waals surface area contributed by atoms with E-state index in [1.807, 2.05) is 24.3 Å². The molecule has 0 heterocycles. The minimum atomic E-state index is -0.275. The molecule has 0 aliphatic heterocycles. The van der Waals surface area contributed by atoms with Gasteiger partial charge in [-0.2, -0.15) is 5.10 Å². The Morgan fingerprint density at radius 1 is 1.21 bits per heavy atom. The van der Waals surface area contributed by atoms with Crippen molar-refractivity contribution in [3.63, 3.8) is 0 Å². The van der Waals surface area contributed by atoms with Gasteiger partial charge in [-0.15, -0.1) is 0 Å². The number of carbonyl (C=O) groups excluding carboxylic acids is 1. The quantitative estimate of drug-likeness (QED) is 0.670. The molecule has 2 aromatic carbocycles. The normalized spacial score (nSPS) is 10.6. The van der Waals surface area contributed by atoms with E-state index in [9.17, 15) is 4.79 Å². The molecule has 1 N–H and O–H groups in total. The molecule has 0 unspecified atom stereocenters. The van der Waals surface area contributed by atoms with Crippen molar-refractivity contribution >= 4 is 39.7 Å². The standard InChI is InChI=1S/C14H10BrClN2O/c15-12-3-1-2-10(8-12)9-17-18-14(19)11-4-6-13(16)7-5-11/h1-9H,(H,18,19). The van der Waals surface area contributed by atoms with Gasteiger partial charge in [0.05, 0.1) is 6.21 Å². The monoisotopic (exact) mass is 336 g/mol. The largest absolute Gasteiger partial charge is 0.271 e. The lowest BCUT2D eigenvalue weighted by molar-refractivity contribution is 0.0955. The molecule has 0 aliphatic carbocycles. The number of rotatable bonds is 3. The van der Waals surface area contributed by atoms with Gasteiger partial charge in [-0.25, -0.2) is 5.43 Å². The van der Waals surface area contributed by atoms with Crippen LogP contribution in [0.25, 0.3) is 0 Å². The second-order valence-electron chi connectivity index (χ2n) is 3.76. The van der Waals surface area contributed by atoms with Crippen LogP contribution in [-0.2, 0) is 0 Å². The third kappa shape index (κ3) is 4.19.